The molecule has 2 aromatic rings. The first-order valence-corrected chi connectivity index (χ1v) is 7.47. The molecule has 110 valence electrons. The van der Waals surface area contributed by atoms with E-state index in [-0.39, 0.29) is 5.82 Å². The lowest BCUT2D eigenvalue weighted by atomic mass is 9.98. The van der Waals surface area contributed by atoms with Gasteiger partial charge in [-0.25, -0.2) is 14.4 Å². The summed E-state index contributed by atoms with van der Waals surface area (Å²) in [5.74, 6) is 0.955. The van der Waals surface area contributed by atoms with Crippen LogP contribution in [0.15, 0.2) is 24.3 Å². The number of hydrogen-bond acceptors (Lipinski definition) is 3. The van der Waals surface area contributed by atoms with Crippen molar-refractivity contribution in [2.45, 2.75) is 39.2 Å². The second-order valence-electron chi connectivity index (χ2n) is 5.84. The van der Waals surface area contributed by atoms with Crippen molar-refractivity contribution in [1.82, 2.24) is 15.3 Å². The molecule has 0 bridgehead atoms. The SMILES string of the molecule is CC(C)c1nc(Cc2cccc(F)c2)nc2c1CNCC2. The maximum atomic E-state index is 13.3. The number of halogens is 1. The summed E-state index contributed by atoms with van der Waals surface area (Å²) in [4.78, 5) is 9.44. The third kappa shape index (κ3) is 3.10. The quantitative estimate of drug-likeness (QED) is 0.942. The van der Waals surface area contributed by atoms with Crippen molar-refractivity contribution in [3.63, 3.8) is 0 Å². The summed E-state index contributed by atoms with van der Waals surface area (Å²) in [6.07, 6.45) is 1.52. The highest BCUT2D eigenvalue weighted by molar-refractivity contribution is 5.31. The van der Waals surface area contributed by atoms with E-state index in [1.54, 1.807) is 12.1 Å². The van der Waals surface area contributed by atoms with Gasteiger partial charge in [0, 0.05) is 31.5 Å². The predicted octanol–water partition coefficient (Wildman–Crippen LogP) is 2.98. The standard InChI is InChI=1S/C17H20FN3/c1-11(2)17-14-10-19-7-6-15(14)20-16(21-17)9-12-4-3-5-13(18)8-12/h3-5,8,11,19H,6-7,9-10H2,1-2H3. The molecule has 1 N–H and O–H groups in total. The van der Waals surface area contributed by atoms with Crippen LogP contribution in [0.2, 0.25) is 0 Å². The smallest absolute Gasteiger partial charge is 0.133 e. The normalized spacial score (nSPS) is 14.3. The Morgan fingerprint density at radius 3 is 2.90 bits per heavy atom. The van der Waals surface area contributed by atoms with Gasteiger partial charge in [-0.3, -0.25) is 0 Å². The fourth-order valence-corrected chi connectivity index (χ4v) is 2.81. The van der Waals surface area contributed by atoms with Gasteiger partial charge in [0.15, 0.2) is 0 Å². The second kappa shape index (κ2) is 5.90. The highest BCUT2D eigenvalue weighted by Crippen LogP contribution is 2.23. The Kier molecular flexibility index (Phi) is 3.97. The zero-order valence-electron chi connectivity index (χ0n) is 12.5. The third-order valence-electron chi connectivity index (χ3n) is 3.81. The predicted molar refractivity (Wildman–Crippen MR) is 80.7 cm³/mol. The molecule has 0 fully saturated rings. The number of nitrogens with zero attached hydrogens (tertiary/aromatic N) is 2. The van der Waals surface area contributed by atoms with Crippen molar-refractivity contribution in [2.24, 2.45) is 0 Å². The number of aromatic nitrogens is 2. The molecule has 1 aromatic carbocycles. The van der Waals surface area contributed by atoms with Gasteiger partial charge < -0.3 is 5.32 Å². The Morgan fingerprint density at radius 2 is 2.14 bits per heavy atom. The van der Waals surface area contributed by atoms with Crippen LogP contribution in [0.5, 0.6) is 0 Å². The lowest BCUT2D eigenvalue weighted by Crippen LogP contribution is -2.27. The molecule has 0 saturated heterocycles. The number of benzene rings is 1. The summed E-state index contributed by atoms with van der Waals surface area (Å²) in [6, 6.07) is 6.67. The van der Waals surface area contributed by atoms with Crippen LogP contribution in [-0.2, 0) is 19.4 Å². The van der Waals surface area contributed by atoms with E-state index in [1.807, 2.05) is 6.07 Å². The number of hydrogen-bond donors (Lipinski definition) is 1. The van der Waals surface area contributed by atoms with Crippen molar-refractivity contribution >= 4 is 0 Å². The highest BCUT2D eigenvalue weighted by atomic mass is 19.1. The summed E-state index contributed by atoms with van der Waals surface area (Å²) in [5.41, 5.74) is 4.44. The molecular formula is C17H20FN3. The van der Waals surface area contributed by atoms with Crippen molar-refractivity contribution in [2.75, 3.05) is 6.54 Å². The average molecular weight is 285 g/mol. The molecule has 21 heavy (non-hydrogen) atoms. The molecule has 0 unspecified atom stereocenters. The van der Waals surface area contributed by atoms with Crippen molar-refractivity contribution in [1.29, 1.82) is 0 Å². The topological polar surface area (TPSA) is 37.8 Å². The molecule has 4 heteroatoms. The zero-order valence-corrected chi connectivity index (χ0v) is 12.5. The van der Waals surface area contributed by atoms with Crippen molar-refractivity contribution in [3.05, 3.63) is 58.4 Å². The van der Waals surface area contributed by atoms with Gasteiger partial charge in [-0.2, -0.15) is 0 Å². The summed E-state index contributed by atoms with van der Waals surface area (Å²) in [5, 5.41) is 3.38. The Balaban J connectivity index is 1.97. The van der Waals surface area contributed by atoms with E-state index < -0.39 is 0 Å². The first kappa shape index (κ1) is 14.1. The van der Waals surface area contributed by atoms with Crippen LogP contribution in [0.25, 0.3) is 0 Å². The van der Waals surface area contributed by atoms with E-state index in [0.29, 0.717) is 12.3 Å². The maximum Gasteiger partial charge on any atom is 0.133 e. The summed E-state index contributed by atoms with van der Waals surface area (Å²) >= 11 is 0. The number of nitrogens with one attached hydrogen (secondary N) is 1. The van der Waals surface area contributed by atoms with Gasteiger partial charge in [-0.15, -0.1) is 0 Å². The second-order valence-corrected chi connectivity index (χ2v) is 5.84. The molecule has 1 aromatic heterocycles. The molecule has 0 amide bonds. The molecule has 0 saturated carbocycles. The molecule has 0 atom stereocenters. The minimum absolute atomic E-state index is 0.209. The Bertz CT molecular complexity index is 652. The number of fused-ring (bicyclic) bond motifs is 1. The Morgan fingerprint density at radius 1 is 1.29 bits per heavy atom. The maximum absolute atomic E-state index is 13.3. The van der Waals surface area contributed by atoms with Gasteiger partial charge in [0.05, 0.1) is 11.4 Å². The first-order valence-electron chi connectivity index (χ1n) is 7.47. The third-order valence-corrected chi connectivity index (χ3v) is 3.81. The van der Waals surface area contributed by atoms with Gasteiger partial charge in [0.1, 0.15) is 11.6 Å². The molecule has 3 rings (SSSR count). The Labute approximate surface area is 124 Å². The van der Waals surface area contributed by atoms with Gasteiger partial charge >= 0.3 is 0 Å². The van der Waals surface area contributed by atoms with Crippen molar-refractivity contribution < 1.29 is 4.39 Å². The molecule has 3 nitrogen and oxygen atoms in total. The average Bonchev–Trinajstić information content (AvgIpc) is 2.46. The number of rotatable bonds is 3. The van der Waals surface area contributed by atoms with E-state index in [0.717, 1.165) is 42.3 Å². The van der Waals surface area contributed by atoms with E-state index in [4.69, 9.17) is 9.97 Å². The highest BCUT2D eigenvalue weighted by Gasteiger charge is 2.19. The monoisotopic (exact) mass is 285 g/mol. The van der Waals surface area contributed by atoms with Crippen LogP contribution >= 0.6 is 0 Å². The summed E-state index contributed by atoms with van der Waals surface area (Å²) in [7, 11) is 0. The molecule has 0 radical (unpaired) electrons. The van der Waals surface area contributed by atoms with Crippen molar-refractivity contribution in [3.8, 4) is 0 Å². The van der Waals surface area contributed by atoms with E-state index in [9.17, 15) is 4.39 Å². The summed E-state index contributed by atoms with van der Waals surface area (Å²) < 4.78 is 13.3. The largest absolute Gasteiger partial charge is 0.312 e. The summed E-state index contributed by atoms with van der Waals surface area (Å²) in [6.45, 7) is 6.12. The van der Waals surface area contributed by atoms with E-state index in [2.05, 4.69) is 19.2 Å². The molecule has 0 spiro atoms. The molecular weight excluding hydrogens is 265 g/mol. The van der Waals surface area contributed by atoms with Crippen LogP contribution in [0, 0.1) is 5.82 Å². The minimum atomic E-state index is -0.209. The van der Waals surface area contributed by atoms with Crippen LogP contribution in [0.1, 0.15) is 48.1 Å². The van der Waals surface area contributed by atoms with Gasteiger partial charge in [-0.05, 0) is 23.6 Å². The minimum Gasteiger partial charge on any atom is -0.312 e. The van der Waals surface area contributed by atoms with Crippen LogP contribution in [0.4, 0.5) is 4.39 Å². The first-order chi connectivity index (χ1) is 10.1. The van der Waals surface area contributed by atoms with E-state index in [1.165, 1.54) is 11.6 Å². The van der Waals surface area contributed by atoms with Crippen LogP contribution in [-0.4, -0.2) is 16.5 Å². The zero-order chi connectivity index (χ0) is 14.8. The van der Waals surface area contributed by atoms with E-state index >= 15 is 0 Å². The molecule has 1 aliphatic heterocycles. The van der Waals surface area contributed by atoms with Gasteiger partial charge in [0.25, 0.3) is 0 Å². The lowest BCUT2D eigenvalue weighted by molar-refractivity contribution is 0.601. The fourth-order valence-electron chi connectivity index (χ4n) is 2.81. The molecule has 2 heterocycles. The molecule has 0 aliphatic carbocycles. The Hall–Kier alpha value is -1.81. The fraction of sp³-hybridized carbons (Fsp3) is 0.412. The molecule has 1 aliphatic rings. The van der Waals surface area contributed by atoms with Gasteiger partial charge in [-0.1, -0.05) is 26.0 Å². The van der Waals surface area contributed by atoms with Gasteiger partial charge in [0.2, 0.25) is 0 Å². The van der Waals surface area contributed by atoms with Crippen LogP contribution in [0.3, 0.4) is 0 Å². The lowest BCUT2D eigenvalue weighted by Gasteiger charge is -2.21. The van der Waals surface area contributed by atoms with Crippen LogP contribution < -0.4 is 5.32 Å².